The molecule has 3 aromatic rings. The van der Waals surface area contributed by atoms with E-state index in [9.17, 15) is 13.2 Å². The molecule has 1 aromatic heterocycles. The summed E-state index contributed by atoms with van der Waals surface area (Å²) in [6.07, 6.45) is 0.772. The number of amides is 1. The third-order valence-corrected chi connectivity index (χ3v) is 8.61. The molecule has 0 atom stereocenters. The molecule has 0 aliphatic carbocycles. The van der Waals surface area contributed by atoms with E-state index in [4.69, 9.17) is 9.72 Å². The molecule has 0 spiro atoms. The summed E-state index contributed by atoms with van der Waals surface area (Å²) in [5.41, 5.74) is 2.06. The second-order valence-electron chi connectivity index (χ2n) is 8.00. The van der Waals surface area contributed by atoms with E-state index < -0.39 is 9.84 Å². The number of hydrogen-bond donors (Lipinski definition) is 0. The molecule has 0 bridgehead atoms. The summed E-state index contributed by atoms with van der Waals surface area (Å²) in [5, 5.41) is 0.626. The van der Waals surface area contributed by atoms with E-state index in [0.29, 0.717) is 31.4 Å². The van der Waals surface area contributed by atoms with Crippen LogP contribution in [0.1, 0.15) is 18.9 Å². The molecule has 7 nitrogen and oxygen atoms in total. The molecule has 2 aromatic carbocycles. The van der Waals surface area contributed by atoms with Gasteiger partial charge in [-0.2, -0.15) is 0 Å². The number of aryl methyl sites for hydroxylation is 1. The summed E-state index contributed by atoms with van der Waals surface area (Å²) in [4.78, 5) is 22.3. The van der Waals surface area contributed by atoms with Crippen LogP contribution in [-0.2, 0) is 25.8 Å². The second-order valence-corrected chi connectivity index (χ2v) is 11.1. The van der Waals surface area contributed by atoms with Gasteiger partial charge in [0.05, 0.1) is 34.1 Å². The zero-order chi connectivity index (χ0) is 23.3. The van der Waals surface area contributed by atoms with Crippen molar-refractivity contribution >= 4 is 42.4 Å². The first kappa shape index (κ1) is 23.8. The minimum Gasteiger partial charge on any atom is -0.379 e. The minimum atomic E-state index is -3.53. The van der Waals surface area contributed by atoms with Crippen molar-refractivity contribution in [3.05, 3.63) is 54.1 Å². The number of rotatable bonds is 9. The van der Waals surface area contributed by atoms with Gasteiger partial charge in [-0.3, -0.25) is 14.6 Å². The van der Waals surface area contributed by atoms with Crippen LogP contribution in [0.3, 0.4) is 0 Å². The highest BCUT2D eigenvalue weighted by Crippen LogP contribution is 2.31. The predicted molar refractivity (Wildman–Crippen MR) is 132 cm³/mol. The summed E-state index contributed by atoms with van der Waals surface area (Å²) < 4.78 is 31.9. The monoisotopic (exact) mass is 487 g/mol. The van der Waals surface area contributed by atoms with Crippen molar-refractivity contribution in [1.82, 2.24) is 9.88 Å². The van der Waals surface area contributed by atoms with Crippen molar-refractivity contribution < 1.29 is 17.9 Å². The Bertz CT molecular complexity index is 1190. The van der Waals surface area contributed by atoms with E-state index in [1.54, 1.807) is 35.2 Å². The molecule has 176 valence electrons. The van der Waals surface area contributed by atoms with Crippen molar-refractivity contribution in [2.75, 3.05) is 50.0 Å². The van der Waals surface area contributed by atoms with Crippen LogP contribution in [0.15, 0.2) is 53.4 Å². The average Bonchev–Trinajstić information content (AvgIpc) is 3.28. The summed E-state index contributed by atoms with van der Waals surface area (Å²) in [5.74, 6) is -0.450. The van der Waals surface area contributed by atoms with E-state index in [0.717, 1.165) is 35.3 Å². The van der Waals surface area contributed by atoms with Crippen LogP contribution in [0.4, 0.5) is 5.13 Å². The zero-order valence-corrected chi connectivity index (χ0v) is 20.4. The summed E-state index contributed by atoms with van der Waals surface area (Å²) in [7, 11) is -3.53. The Balaban J connectivity index is 1.55. The fourth-order valence-electron chi connectivity index (χ4n) is 3.89. The fraction of sp³-hybridized carbons (Fsp3) is 0.417. The number of morpholine rings is 1. The van der Waals surface area contributed by atoms with Crippen LogP contribution >= 0.6 is 11.3 Å². The summed E-state index contributed by atoms with van der Waals surface area (Å²) >= 11 is 1.48. The Labute approximate surface area is 198 Å². The quantitative estimate of drug-likeness (QED) is 0.460. The number of aromatic nitrogens is 1. The maximum absolute atomic E-state index is 13.3. The van der Waals surface area contributed by atoms with Gasteiger partial charge < -0.3 is 4.74 Å². The first-order chi connectivity index (χ1) is 16.0. The lowest BCUT2D eigenvalue weighted by Crippen LogP contribution is -2.43. The molecule has 1 aliphatic heterocycles. The lowest BCUT2D eigenvalue weighted by molar-refractivity contribution is -0.118. The van der Waals surface area contributed by atoms with Crippen molar-refractivity contribution in [2.24, 2.45) is 0 Å². The lowest BCUT2D eigenvalue weighted by Gasteiger charge is -2.29. The fourth-order valence-corrected chi connectivity index (χ4v) is 6.20. The molecule has 1 saturated heterocycles. The van der Waals surface area contributed by atoms with Gasteiger partial charge in [0.15, 0.2) is 15.0 Å². The topological polar surface area (TPSA) is 79.8 Å². The van der Waals surface area contributed by atoms with Crippen LogP contribution in [0.2, 0.25) is 0 Å². The summed E-state index contributed by atoms with van der Waals surface area (Å²) in [6.45, 7) is 6.26. The molecular weight excluding hydrogens is 458 g/mol. The van der Waals surface area contributed by atoms with Gasteiger partial charge >= 0.3 is 0 Å². The first-order valence-electron chi connectivity index (χ1n) is 11.2. The molecule has 0 unspecified atom stereocenters. The number of fused-ring (bicyclic) bond motifs is 1. The molecule has 9 heteroatoms. The highest BCUT2D eigenvalue weighted by molar-refractivity contribution is 7.91. The maximum atomic E-state index is 13.3. The molecule has 33 heavy (non-hydrogen) atoms. The van der Waals surface area contributed by atoms with Crippen LogP contribution in [0.5, 0.6) is 0 Å². The van der Waals surface area contributed by atoms with Crippen LogP contribution in [0.25, 0.3) is 10.2 Å². The Kier molecular flexibility index (Phi) is 7.75. The predicted octanol–water partition coefficient (Wildman–Crippen LogP) is 3.39. The summed E-state index contributed by atoms with van der Waals surface area (Å²) in [6, 6.07) is 14.4. The number of carbonyl (C=O) groups excluding carboxylic acids is 1. The molecule has 2 heterocycles. The molecule has 4 rings (SSSR count). The van der Waals surface area contributed by atoms with Gasteiger partial charge in [0.2, 0.25) is 5.91 Å². The minimum absolute atomic E-state index is 0.0864. The smallest absolute Gasteiger partial charge is 0.229 e. The zero-order valence-electron chi connectivity index (χ0n) is 18.8. The van der Waals surface area contributed by atoms with E-state index in [1.165, 1.54) is 11.3 Å². The van der Waals surface area contributed by atoms with Crippen molar-refractivity contribution in [3.63, 3.8) is 0 Å². The normalized spacial score (nSPS) is 15.1. The van der Waals surface area contributed by atoms with Crippen LogP contribution < -0.4 is 4.90 Å². The van der Waals surface area contributed by atoms with E-state index in [2.05, 4.69) is 17.9 Å². The number of nitrogens with zero attached hydrogens (tertiary/aromatic N) is 3. The molecule has 1 fully saturated rings. The van der Waals surface area contributed by atoms with Gasteiger partial charge in [0.25, 0.3) is 0 Å². The Morgan fingerprint density at radius 2 is 1.88 bits per heavy atom. The van der Waals surface area contributed by atoms with Gasteiger partial charge in [-0.1, -0.05) is 48.6 Å². The highest BCUT2D eigenvalue weighted by atomic mass is 32.2. The third-order valence-electron chi connectivity index (χ3n) is 5.83. The largest absolute Gasteiger partial charge is 0.379 e. The van der Waals surface area contributed by atoms with Gasteiger partial charge in [-0.25, -0.2) is 13.4 Å². The van der Waals surface area contributed by atoms with Gasteiger partial charge in [0.1, 0.15) is 0 Å². The van der Waals surface area contributed by atoms with Crippen LogP contribution in [0, 0.1) is 0 Å². The molecule has 1 amide bonds. The number of carbonyl (C=O) groups is 1. The number of anilines is 1. The number of sulfone groups is 1. The standard InChI is InChI=1S/C24H29N3O4S2/c1-2-19-7-6-10-21-23(19)25-24(32-21)27(13-12-26-14-16-31-17-15-26)22(28)11-18-33(29,30)20-8-4-3-5-9-20/h3-10H,2,11-18H2,1H3. The molecular formula is C24H29N3O4S2. The second kappa shape index (κ2) is 10.7. The van der Waals surface area contributed by atoms with E-state index in [-0.39, 0.29) is 23.0 Å². The number of ether oxygens (including phenoxy) is 1. The van der Waals surface area contributed by atoms with E-state index in [1.807, 2.05) is 12.1 Å². The molecule has 0 N–H and O–H groups in total. The van der Waals surface area contributed by atoms with Gasteiger partial charge in [-0.05, 0) is 30.2 Å². The third kappa shape index (κ3) is 5.78. The Morgan fingerprint density at radius 1 is 1.12 bits per heavy atom. The number of hydrogen-bond acceptors (Lipinski definition) is 7. The molecule has 0 saturated carbocycles. The average molecular weight is 488 g/mol. The van der Waals surface area contributed by atoms with Crippen molar-refractivity contribution in [3.8, 4) is 0 Å². The van der Waals surface area contributed by atoms with Crippen molar-refractivity contribution in [1.29, 1.82) is 0 Å². The Hall–Kier alpha value is -2.33. The molecule has 1 aliphatic rings. The van der Waals surface area contributed by atoms with Gasteiger partial charge in [0, 0.05) is 32.6 Å². The van der Waals surface area contributed by atoms with Crippen LogP contribution in [-0.4, -0.2) is 69.4 Å². The number of thiazole rings is 1. The SMILES string of the molecule is CCc1cccc2sc(N(CCN3CCOCC3)C(=O)CCS(=O)(=O)c3ccccc3)nc12. The maximum Gasteiger partial charge on any atom is 0.229 e. The molecule has 0 radical (unpaired) electrons. The number of para-hydroxylation sites is 1. The lowest BCUT2D eigenvalue weighted by atomic mass is 10.1. The Morgan fingerprint density at radius 3 is 2.61 bits per heavy atom. The highest BCUT2D eigenvalue weighted by Gasteiger charge is 2.24. The number of benzene rings is 2. The van der Waals surface area contributed by atoms with E-state index >= 15 is 0 Å². The van der Waals surface area contributed by atoms with Gasteiger partial charge in [-0.15, -0.1) is 0 Å². The van der Waals surface area contributed by atoms with Crippen molar-refractivity contribution in [2.45, 2.75) is 24.7 Å². The first-order valence-corrected chi connectivity index (χ1v) is 13.7.